The van der Waals surface area contributed by atoms with Crippen LogP contribution in [0, 0.1) is 29.1 Å². The Morgan fingerprint density at radius 2 is 1.84 bits per heavy atom. The Balaban J connectivity index is 2.44. The monoisotopic (exact) mass is 446 g/mol. The third kappa shape index (κ3) is 7.39. The number of rotatable bonds is 6. The molecule has 0 aliphatic heterocycles. The first-order chi connectivity index (χ1) is 14.4. The minimum absolute atomic E-state index is 0.0353. The van der Waals surface area contributed by atoms with E-state index in [9.17, 15) is 19.5 Å². The number of carbonyl (C=O) groups is 3. The third-order valence-electron chi connectivity index (χ3n) is 5.14. The fourth-order valence-electron chi connectivity index (χ4n) is 3.57. The molecule has 0 atom stereocenters. The number of amides is 2. The Kier molecular flexibility index (Phi) is 8.30. The van der Waals surface area contributed by atoms with Crippen LogP contribution in [-0.4, -0.2) is 35.5 Å². The first kappa shape index (κ1) is 24.9. The quantitative estimate of drug-likeness (QED) is 0.629. The lowest BCUT2D eigenvalue weighted by molar-refractivity contribution is -0.126. The maximum atomic E-state index is 13.4. The fourth-order valence-corrected chi connectivity index (χ4v) is 4.42. The number of hydrogen-bond donors (Lipinski definition) is 2. The minimum Gasteiger partial charge on any atom is -0.477 e. The van der Waals surface area contributed by atoms with Crippen molar-refractivity contribution in [2.45, 2.75) is 73.3 Å². The van der Waals surface area contributed by atoms with Crippen LogP contribution in [-0.2, 0) is 9.59 Å². The predicted octanol–water partition coefficient (Wildman–Crippen LogP) is 4.53. The summed E-state index contributed by atoms with van der Waals surface area (Å²) in [6, 6.07) is 1.56. The molecule has 0 spiro atoms. The summed E-state index contributed by atoms with van der Waals surface area (Å²) >= 11 is 1.04. The Hall–Kier alpha value is -2.33. The molecule has 1 aliphatic carbocycles. The molecule has 170 valence electrons. The van der Waals surface area contributed by atoms with Crippen LogP contribution < -0.4 is 10.2 Å². The van der Waals surface area contributed by atoms with E-state index in [0.29, 0.717) is 10.8 Å². The molecule has 0 radical (unpaired) electrons. The van der Waals surface area contributed by atoms with Crippen LogP contribution in [0.1, 0.15) is 81.8 Å². The van der Waals surface area contributed by atoms with Crippen LogP contribution in [0.3, 0.4) is 0 Å². The van der Waals surface area contributed by atoms with E-state index in [1.807, 2.05) is 34.6 Å². The van der Waals surface area contributed by atoms with Gasteiger partial charge in [-0.3, -0.25) is 9.59 Å². The van der Waals surface area contributed by atoms with Crippen molar-refractivity contribution in [3.63, 3.8) is 0 Å². The second-order valence-electron chi connectivity index (χ2n) is 9.73. The molecule has 1 heterocycles. The molecule has 31 heavy (non-hydrogen) atoms. The Morgan fingerprint density at radius 3 is 2.35 bits per heavy atom. The minimum atomic E-state index is -1.12. The third-order valence-corrected chi connectivity index (χ3v) is 6.17. The van der Waals surface area contributed by atoms with Crippen LogP contribution in [0.4, 0.5) is 5.69 Å². The molecule has 0 saturated heterocycles. The topological polar surface area (TPSA) is 86.7 Å². The molecular weight excluding hydrogens is 412 g/mol. The first-order valence-corrected chi connectivity index (χ1v) is 11.7. The van der Waals surface area contributed by atoms with Gasteiger partial charge in [0, 0.05) is 17.4 Å². The highest BCUT2D eigenvalue weighted by atomic mass is 32.1. The Labute approximate surface area is 189 Å². The van der Waals surface area contributed by atoms with Gasteiger partial charge in [0.05, 0.1) is 10.6 Å². The van der Waals surface area contributed by atoms with Crippen molar-refractivity contribution in [1.29, 1.82) is 0 Å². The number of anilines is 1. The van der Waals surface area contributed by atoms with Gasteiger partial charge in [0.1, 0.15) is 11.4 Å². The van der Waals surface area contributed by atoms with Gasteiger partial charge in [-0.25, -0.2) is 4.79 Å². The van der Waals surface area contributed by atoms with Crippen molar-refractivity contribution in [3.8, 4) is 11.8 Å². The SMILES string of the molecule is CC(C)NC(=O)CN(c1cc(C#CC(C)(C)C)sc1C(=O)O)C(=O)[C@H]1CC[C@H](C)CC1. The summed E-state index contributed by atoms with van der Waals surface area (Å²) in [6.07, 6.45) is 3.43. The zero-order valence-corrected chi connectivity index (χ0v) is 20.2. The average Bonchev–Trinajstić information content (AvgIpc) is 3.08. The first-order valence-electron chi connectivity index (χ1n) is 10.9. The van der Waals surface area contributed by atoms with Gasteiger partial charge in [-0.15, -0.1) is 11.3 Å². The van der Waals surface area contributed by atoms with E-state index in [2.05, 4.69) is 24.1 Å². The van der Waals surface area contributed by atoms with Crippen molar-refractivity contribution in [2.75, 3.05) is 11.4 Å². The molecule has 6 nitrogen and oxygen atoms in total. The highest BCUT2D eigenvalue weighted by Gasteiger charge is 2.33. The van der Waals surface area contributed by atoms with Gasteiger partial charge in [0.15, 0.2) is 0 Å². The van der Waals surface area contributed by atoms with Gasteiger partial charge < -0.3 is 15.3 Å². The lowest BCUT2D eigenvalue weighted by Gasteiger charge is -2.31. The van der Waals surface area contributed by atoms with E-state index in [4.69, 9.17) is 0 Å². The summed E-state index contributed by atoms with van der Waals surface area (Å²) in [4.78, 5) is 39.9. The van der Waals surface area contributed by atoms with E-state index >= 15 is 0 Å². The van der Waals surface area contributed by atoms with Crippen molar-refractivity contribution >= 4 is 34.8 Å². The van der Waals surface area contributed by atoms with Gasteiger partial charge in [-0.05, 0) is 72.3 Å². The Bertz CT molecular complexity index is 878. The summed E-state index contributed by atoms with van der Waals surface area (Å²) in [5, 5.41) is 12.6. The van der Waals surface area contributed by atoms with E-state index in [-0.39, 0.29) is 46.3 Å². The van der Waals surface area contributed by atoms with Crippen LogP contribution in [0.25, 0.3) is 0 Å². The molecule has 0 aromatic carbocycles. The fraction of sp³-hybridized carbons (Fsp3) is 0.625. The van der Waals surface area contributed by atoms with Crippen LogP contribution in [0.2, 0.25) is 0 Å². The molecule has 0 bridgehead atoms. The number of nitrogens with zero attached hydrogens (tertiary/aromatic N) is 1. The highest BCUT2D eigenvalue weighted by Crippen LogP contribution is 2.35. The van der Waals surface area contributed by atoms with Gasteiger partial charge in [0.2, 0.25) is 11.8 Å². The maximum Gasteiger partial charge on any atom is 0.348 e. The van der Waals surface area contributed by atoms with Crippen molar-refractivity contribution in [3.05, 3.63) is 15.8 Å². The molecule has 2 amide bonds. The standard InChI is InChI=1S/C24H34N2O4S/c1-15(2)25-20(27)14-26(22(28)17-9-7-16(3)8-10-17)19-13-18(11-12-24(4,5)6)31-21(19)23(29)30/h13,15-17H,7-10,14H2,1-6H3,(H,25,27)(H,29,30)/t16-,17-. The molecule has 1 aromatic rings. The normalized spacial score (nSPS) is 18.8. The smallest absolute Gasteiger partial charge is 0.348 e. The predicted molar refractivity (Wildman–Crippen MR) is 124 cm³/mol. The molecule has 1 saturated carbocycles. The lowest BCUT2D eigenvalue weighted by Crippen LogP contribution is -2.45. The molecule has 1 aliphatic rings. The zero-order valence-electron chi connectivity index (χ0n) is 19.4. The van der Waals surface area contributed by atoms with Crippen molar-refractivity contribution in [1.82, 2.24) is 5.32 Å². The van der Waals surface area contributed by atoms with Gasteiger partial charge in [-0.2, -0.15) is 0 Å². The van der Waals surface area contributed by atoms with E-state index in [1.54, 1.807) is 6.07 Å². The van der Waals surface area contributed by atoms with Crippen LogP contribution in [0.15, 0.2) is 6.07 Å². The number of aromatic carboxylic acids is 1. The number of nitrogens with one attached hydrogen (secondary N) is 1. The average molecular weight is 447 g/mol. The molecular formula is C24H34N2O4S. The Morgan fingerprint density at radius 1 is 1.23 bits per heavy atom. The summed E-state index contributed by atoms with van der Waals surface area (Å²) in [6.45, 7) is 11.6. The summed E-state index contributed by atoms with van der Waals surface area (Å²) in [5.74, 6) is 4.91. The van der Waals surface area contributed by atoms with Gasteiger partial charge in [-0.1, -0.05) is 18.8 Å². The number of thiophene rings is 1. The number of hydrogen-bond acceptors (Lipinski definition) is 4. The molecule has 1 aromatic heterocycles. The maximum absolute atomic E-state index is 13.4. The van der Waals surface area contributed by atoms with Crippen molar-refractivity contribution < 1.29 is 19.5 Å². The van der Waals surface area contributed by atoms with E-state index in [1.165, 1.54) is 4.90 Å². The molecule has 2 rings (SSSR count). The van der Waals surface area contributed by atoms with Gasteiger partial charge in [0.25, 0.3) is 0 Å². The highest BCUT2D eigenvalue weighted by molar-refractivity contribution is 7.15. The number of carboxylic acid groups (broad SMARTS) is 1. The molecule has 1 fully saturated rings. The number of carboxylic acids is 1. The van der Waals surface area contributed by atoms with Gasteiger partial charge >= 0.3 is 5.97 Å². The number of carbonyl (C=O) groups excluding carboxylic acids is 2. The molecule has 7 heteroatoms. The lowest BCUT2D eigenvalue weighted by atomic mass is 9.82. The second-order valence-corrected chi connectivity index (χ2v) is 10.8. The largest absolute Gasteiger partial charge is 0.477 e. The van der Waals surface area contributed by atoms with E-state index < -0.39 is 5.97 Å². The van der Waals surface area contributed by atoms with Crippen LogP contribution in [0.5, 0.6) is 0 Å². The second kappa shape index (κ2) is 10.3. The molecule has 2 N–H and O–H groups in total. The summed E-state index contributed by atoms with van der Waals surface area (Å²) < 4.78 is 0. The van der Waals surface area contributed by atoms with Crippen LogP contribution >= 0.6 is 11.3 Å². The summed E-state index contributed by atoms with van der Waals surface area (Å²) in [7, 11) is 0. The van der Waals surface area contributed by atoms with Crippen molar-refractivity contribution in [2.24, 2.45) is 17.3 Å². The summed E-state index contributed by atoms with van der Waals surface area (Å²) in [5.41, 5.74) is 0.0251. The zero-order chi connectivity index (χ0) is 23.3. The van der Waals surface area contributed by atoms with E-state index in [0.717, 1.165) is 37.0 Å². The molecule has 0 unspecified atom stereocenters.